The second-order valence-corrected chi connectivity index (χ2v) is 6.32. The minimum absolute atomic E-state index is 0.540. The average Bonchev–Trinajstić information content (AvgIpc) is 3.11. The molecule has 4 rings (SSSR count). The standard InChI is InChI=1S/C22H20N4O/c1-16-9-11-17(12-10-16)15-27-19-6-4-5-18(13-19)14-23-26-22-24-20-7-2-3-8-21(20)25-22/h2-14H,15H2,1H3,(H2,24,25,26)/b23-14+. The van der Waals surface area contributed by atoms with Gasteiger partial charge in [0, 0.05) is 0 Å². The fourth-order valence-corrected chi connectivity index (χ4v) is 2.71. The first-order valence-corrected chi connectivity index (χ1v) is 8.78. The highest BCUT2D eigenvalue weighted by molar-refractivity contribution is 5.81. The summed E-state index contributed by atoms with van der Waals surface area (Å²) in [4.78, 5) is 7.60. The van der Waals surface area contributed by atoms with Crippen LogP contribution in [0.15, 0.2) is 77.9 Å². The van der Waals surface area contributed by atoms with Crippen LogP contribution >= 0.6 is 0 Å². The highest BCUT2D eigenvalue weighted by Gasteiger charge is 2.00. The van der Waals surface area contributed by atoms with Crippen LogP contribution in [0, 0.1) is 6.92 Å². The number of aromatic amines is 1. The van der Waals surface area contributed by atoms with Crippen LogP contribution in [-0.4, -0.2) is 16.2 Å². The smallest absolute Gasteiger partial charge is 0.222 e. The topological polar surface area (TPSA) is 62.3 Å². The van der Waals surface area contributed by atoms with Crippen molar-refractivity contribution in [2.75, 3.05) is 5.43 Å². The Balaban J connectivity index is 1.38. The number of hydrogen-bond acceptors (Lipinski definition) is 4. The summed E-state index contributed by atoms with van der Waals surface area (Å²) >= 11 is 0. The molecule has 0 aliphatic rings. The van der Waals surface area contributed by atoms with E-state index in [0.717, 1.165) is 27.9 Å². The zero-order chi connectivity index (χ0) is 18.5. The number of imidazole rings is 1. The van der Waals surface area contributed by atoms with Crippen LogP contribution in [0.2, 0.25) is 0 Å². The maximum atomic E-state index is 5.88. The monoisotopic (exact) mass is 356 g/mol. The second kappa shape index (κ2) is 7.74. The number of nitrogens with one attached hydrogen (secondary N) is 2. The number of aromatic nitrogens is 2. The van der Waals surface area contributed by atoms with Crippen molar-refractivity contribution in [3.63, 3.8) is 0 Å². The number of nitrogens with zero attached hydrogens (tertiary/aromatic N) is 2. The first-order valence-electron chi connectivity index (χ1n) is 8.78. The number of hydrogen-bond donors (Lipinski definition) is 2. The van der Waals surface area contributed by atoms with Crippen molar-refractivity contribution in [3.8, 4) is 5.75 Å². The lowest BCUT2D eigenvalue weighted by atomic mass is 10.2. The lowest BCUT2D eigenvalue weighted by Gasteiger charge is -2.07. The number of hydrazone groups is 1. The van der Waals surface area contributed by atoms with Gasteiger partial charge in [-0.2, -0.15) is 5.10 Å². The summed E-state index contributed by atoms with van der Waals surface area (Å²) in [5, 5.41) is 4.25. The van der Waals surface area contributed by atoms with Crippen molar-refractivity contribution in [2.45, 2.75) is 13.5 Å². The van der Waals surface area contributed by atoms with E-state index in [1.54, 1.807) is 6.21 Å². The number of para-hydroxylation sites is 2. The molecule has 1 aromatic heterocycles. The number of H-pyrrole nitrogens is 1. The van der Waals surface area contributed by atoms with E-state index in [1.165, 1.54) is 5.56 Å². The second-order valence-electron chi connectivity index (χ2n) is 6.32. The maximum Gasteiger partial charge on any atom is 0.222 e. The molecule has 5 nitrogen and oxygen atoms in total. The number of benzene rings is 3. The molecule has 0 bridgehead atoms. The van der Waals surface area contributed by atoms with Crippen LogP contribution in [0.5, 0.6) is 5.75 Å². The fourth-order valence-electron chi connectivity index (χ4n) is 2.71. The van der Waals surface area contributed by atoms with Gasteiger partial charge in [-0.05, 0) is 42.3 Å². The molecule has 1 heterocycles. The van der Waals surface area contributed by atoms with Gasteiger partial charge < -0.3 is 9.72 Å². The molecular formula is C22H20N4O. The average molecular weight is 356 g/mol. The van der Waals surface area contributed by atoms with Crippen molar-refractivity contribution < 1.29 is 4.74 Å². The van der Waals surface area contributed by atoms with Crippen molar-refractivity contribution >= 4 is 23.2 Å². The largest absolute Gasteiger partial charge is 0.489 e. The van der Waals surface area contributed by atoms with E-state index in [9.17, 15) is 0 Å². The molecule has 0 aliphatic carbocycles. The predicted molar refractivity (Wildman–Crippen MR) is 109 cm³/mol. The van der Waals surface area contributed by atoms with E-state index < -0.39 is 0 Å². The van der Waals surface area contributed by atoms with E-state index in [0.29, 0.717) is 12.6 Å². The number of aryl methyl sites for hydroxylation is 1. The van der Waals surface area contributed by atoms with Crippen LogP contribution in [0.1, 0.15) is 16.7 Å². The molecule has 134 valence electrons. The molecule has 0 atom stereocenters. The summed E-state index contributed by atoms with van der Waals surface area (Å²) in [5.74, 6) is 1.42. The Labute approximate surface area is 157 Å². The van der Waals surface area contributed by atoms with Crippen molar-refractivity contribution in [1.29, 1.82) is 0 Å². The van der Waals surface area contributed by atoms with Crippen LogP contribution in [0.4, 0.5) is 5.95 Å². The third kappa shape index (κ3) is 4.33. The van der Waals surface area contributed by atoms with Gasteiger partial charge in [0.1, 0.15) is 12.4 Å². The first-order chi connectivity index (χ1) is 13.3. The number of rotatable bonds is 6. The van der Waals surface area contributed by atoms with Gasteiger partial charge in [-0.1, -0.05) is 54.1 Å². The molecule has 3 aromatic carbocycles. The van der Waals surface area contributed by atoms with E-state index in [1.807, 2.05) is 48.5 Å². The summed E-state index contributed by atoms with van der Waals surface area (Å²) in [7, 11) is 0. The summed E-state index contributed by atoms with van der Waals surface area (Å²) in [6, 6.07) is 24.0. The quantitative estimate of drug-likeness (QED) is 0.382. The number of ether oxygens (including phenoxy) is 1. The van der Waals surface area contributed by atoms with Gasteiger partial charge in [0.05, 0.1) is 17.2 Å². The third-order valence-corrected chi connectivity index (χ3v) is 4.16. The molecule has 5 heteroatoms. The molecule has 0 saturated carbocycles. The van der Waals surface area contributed by atoms with Gasteiger partial charge in [0.15, 0.2) is 0 Å². The molecule has 0 unspecified atom stereocenters. The van der Waals surface area contributed by atoms with Crippen molar-refractivity contribution in [2.24, 2.45) is 5.10 Å². The highest BCUT2D eigenvalue weighted by atomic mass is 16.5. The lowest BCUT2D eigenvalue weighted by molar-refractivity contribution is 0.306. The Bertz CT molecular complexity index is 1030. The zero-order valence-corrected chi connectivity index (χ0v) is 15.0. The molecule has 27 heavy (non-hydrogen) atoms. The first kappa shape index (κ1) is 16.8. The normalized spacial score (nSPS) is 11.1. The van der Waals surface area contributed by atoms with Gasteiger partial charge in [0.2, 0.25) is 5.95 Å². The van der Waals surface area contributed by atoms with Gasteiger partial charge >= 0.3 is 0 Å². The Morgan fingerprint density at radius 3 is 2.74 bits per heavy atom. The summed E-state index contributed by atoms with van der Waals surface area (Å²) in [6.45, 7) is 2.62. The summed E-state index contributed by atoms with van der Waals surface area (Å²) < 4.78 is 5.88. The molecule has 0 fully saturated rings. The molecule has 0 saturated heterocycles. The molecule has 0 spiro atoms. The van der Waals surface area contributed by atoms with Crippen LogP contribution in [0.25, 0.3) is 11.0 Å². The molecule has 2 N–H and O–H groups in total. The molecule has 0 aliphatic heterocycles. The molecular weight excluding hydrogens is 336 g/mol. The minimum atomic E-state index is 0.540. The Kier molecular flexibility index (Phi) is 4.83. The molecule has 0 amide bonds. The Morgan fingerprint density at radius 2 is 1.89 bits per heavy atom. The van der Waals surface area contributed by atoms with E-state index in [2.05, 4.69) is 51.7 Å². The third-order valence-electron chi connectivity index (χ3n) is 4.16. The van der Waals surface area contributed by atoms with E-state index in [4.69, 9.17) is 4.74 Å². The number of anilines is 1. The summed E-state index contributed by atoms with van der Waals surface area (Å²) in [5.41, 5.74) is 8.14. The van der Waals surface area contributed by atoms with Crippen LogP contribution < -0.4 is 10.2 Å². The van der Waals surface area contributed by atoms with Gasteiger partial charge in [-0.3, -0.25) is 0 Å². The molecule has 4 aromatic rings. The van der Waals surface area contributed by atoms with Crippen molar-refractivity contribution in [1.82, 2.24) is 9.97 Å². The fraction of sp³-hybridized carbons (Fsp3) is 0.0909. The van der Waals surface area contributed by atoms with Gasteiger partial charge in [-0.25, -0.2) is 10.4 Å². The minimum Gasteiger partial charge on any atom is -0.489 e. The number of fused-ring (bicyclic) bond motifs is 1. The van der Waals surface area contributed by atoms with E-state index in [-0.39, 0.29) is 0 Å². The van der Waals surface area contributed by atoms with Crippen LogP contribution in [-0.2, 0) is 6.61 Å². The maximum absolute atomic E-state index is 5.88. The lowest BCUT2D eigenvalue weighted by Crippen LogP contribution is -1.96. The van der Waals surface area contributed by atoms with Crippen molar-refractivity contribution in [3.05, 3.63) is 89.5 Å². The zero-order valence-electron chi connectivity index (χ0n) is 15.0. The van der Waals surface area contributed by atoms with Gasteiger partial charge in [-0.15, -0.1) is 0 Å². The SMILES string of the molecule is Cc1ccc(COc2cccc(/C=N/Nc3nc4ccccc4[nH]3)c2)cc1. The summed E-state index contributed by atoms with van der Waals surface area (Å²) in [6.07, 6.45) is 1.74. The van der Waals surface area contributed by atoms with Gasteiger partial charge in [0.25, 0.3) is 0 Å². The Hall–Kier alpha value is -3.60. The highest BCUT2D eigenvalue weighted by Crippen LogP contribution is 2.15. The Morgan fingerprint density at radius 1 is 1.04 bits per heavy atom. The van der Waals surface area contributed by atoms with E-state index >= 15 is 0 Å². The molecule has 0 radical (unpaired) electrons. The predicted octanol–water partition coefficient (Wildman–Crippen LogP) is 4.90. The van der Waals surface area contributed by atoms with Crippen LogP contribution in [0.3, 0.4) is 0 Å².